The second-order valence-electron chi connectivity index (χ2n) is 8.97. The minimum absolute atomic E-state index is 0.0471. The Labute approximate surface area is 209 Å². The van der Waals surface area contributed by atoms with Crippen molar-refractivity contribution >= 4 is 22.8 Å². The number of nitrogens with zero attached hydrogens (tertiary/aromatic N) is 4. The molecule has 1 amide bonds. The predicted molar refractivity (Wildman–Crippen MR) is 141 cm³/mol. The molecular weight excluding hydrogens is 454 g/mol. The van der Waals surface area contributed by atoms with Gasteiger partial charge in [0.2, 0.25) is 5.91 Å². The summed E-state index contributed by atoms with van der Waals surface area (Å²) in [7, 11) is 0. The van der Waals surface area contributed by atoms with E-state index in [4.69, 9.17) is 10.5 Å². The van der Waals surface area contributed by atoms with Gasteiger partial charge in [-0.2, -0.15) is 0 Å². The van der Waals surface area contributed by atoms with Gasteiger partial charge >= 0.3 is 5.69 Å². The van der Waals surface area contributed by atoms with Crippen molar-refractivity contribution in [2.45, 2.75) is 32.2 Å². The molecule has 36 heavy (non-hydrogen) atoms. The zero-order valence-electron chi connectivity index (χ0n) is 20.3. The van der Waals surface area contributed by atoms with E-state index in [0.717, 1.165) is 18.6 Å². The third kappa shape index (κ3) is 4.26. The zero-order valence-corrected chi connectivity index (χ0v) is 20.3. The predicted octanol–water partition coefficient (Wildman–Crippen LogP) is 4.69. The highest BCUT2D eigenvalue weighted by atomic mass is 16.5. The van der Waals surface area contributed by atoms with Crippen molar-refractivity contribution in [2.75, 3.05) is 18.8 Å². The lowest BCUT2D eigenvalue weighted by molar-refractivity contribution is -0.128. The van der Waals surface area contributed by atoms with Gasteiger partial charge < -0.3 is 15.4 Å². The SMILES string of the molecule is C=C(CC)C(=O)N1CCC[C@@H](n2c(=O)n(-c3ccc(Oc4ccccc4)cc3)c3c(N)nccc32)C1. The fourth-order valence-corrected chi connectivity index (χ4v) is 4.79. The summed E-state index contributed by atoms with van der Waals surface area (Å²) in [4.78, 5) is 32.7. The molecule has 2 aromatic heterocycles. The van der Waals surface area contributed by atoms with E-state index < -0.39 is 0 Å². The normalized spacial score (nSPS) is 15.7. The van der Waals surface area contributed by atoms with Crippen LogP contribution in [0.3, 0.4) is 0 Å². The summed E-state index contributed by atoms with van der Waals surface area (Å²) in [6.45, 7) is 6.93. The van der Waals surface area contributed by atoms with Crippen LogP contribution in [0.1, 0.15) is 32.2 Å². The summed E-state index contributed by atoms with van der Waals surface area (Å²) in [6, 6.07) is 18.4. The minimum Gasteiger partial charge on any atom is -0.457 e. The number of carbonyl (C=O) groups excluding carboxylic acids is 1. The fourth-order valence-electron chi connectivity index (χ4n) is 4.79. The highest BCUT2D eigenvalue weighted by Gasteiger charge is 2.29. The first kappa shape index (κ1) is 23.4. The van der Waals surface area contributed by atoms with Gasteiger partial charge in [0.05, 0.1) is 17.2 Å². The molecule has 0 saturated carbocycles. The van der Waals surface area contributed by atoms with Gasteiger partial charge in [0.25, 0.3) is 0 Å². The molecule has 3 heterocycles. The van der Waals surface area contributed by atoms with Crippen LogP contribution in [-0.2, 0) is 4.79 Å². The van der Waals surface area contributed by atoms with E-state index in [9.17, 15) is 9.59 Å². The van der Waals surface area contributed by atoms with E-state index in [1.54, 1.807) is 20.2 Å². The molecule has 1 aliphatic heterocycles. The number of benzene rings is 2. The maximum Gasteiger partial charge on any atom is 0.334 e. The molecule has 0 radical (unpaired) electrons. The molecule has 1 atom stereocenters. The number of piperidine rings is 1. The summed E-state index contributed by atoms with van der Waals surface area (Å²) in [5.41, 5.74) is 8.57. The first-order chi connectivity index (χ1) is 17.5. The Hall–Kier alpha value is -4.33. The molecule has 8 nitrogen and oxygen atoms in total. The molecule has 0 bridgehead atoms. The molecule has 2 N–H and O–H groups in total. The number of aromatic nitrogens is 3. The number of hydrogen-bond acceptors (Lipinski definition) is 5. The number of imidazole rings is 1. The molecule has 2 aromatic carbocycles. The van der Waals surface area contributed by atoms with Crippen LogP contribution >= 0.6 is 0 Å². The summed E-state index contributed by atoms with van der Waals surface area (Å²) < 4.78 is 9.25. The molecule has 0 aliphatic carbocycles. The summed E-state index contributed by atoms with van der Waals surface area (Å²) >= 11 is 0. The van der Waals surface area contributed by atoms with Crippen molar-refractivity contribution in [3.8, 4) is 17.2 Å². The molecule has 184 valence electrons. The number of anilines is 1. The molecule has 0 unspecified atom stereocenters. The zero-order chi connectivity index (χ0) is 25.2. The molecule has 0 spiro atoms. The third-order valence-electron chi connectivity index (χ3n) is 6.66. The molecule has 5 rings (SSSR count). The van der Waals surface area contributed by atoms with Crippen LogP contribution in [0.5, 0.6) is 11.5 Å². The number of hydrogen-bond donors (Lipinski definition) is 1. The van der Waals surface area contributed by atoms with Crippen LogP contribution < -0.4 is 16.2 Å². The smallest absolute Gasteiger partial charge is 0.334 e. The van der Waals surface area contributed by atoms with E-state index in [1.165, 1.54) is 0 Å². The van der Waals surface area contributed by atoms with E-state index in [2.05, 4.69) is 11.6 Å². The van der Waals surface area contributed by atoms with E-state index >= 15 is 0 Å². The Bertz CT molecular complexity index is 1470. The average molecular weight is 484 g/mol. The molecule has 1 fully saturated rings. The number of likely N-dealkylation sites (tertiary alicyclic amines) is 1. The van der Waals surface area contributed by atoms with Gasteiger partial charge in [0.1, 0.15) is 22.8 Å². The van der Waals surface area contributed by atoms with Crippen LogP contribution in [0, 0.1) is 0 Å². The van der Waals surface area contributed by atoms with Crippen LogP contribution in [0.25, 0.3) is 16.7 Å². The van der Waals surface area contributed by atoms with Gasteiger partial charge in [-0.25, -0.2) is 9.78 Å². The number of nitrogens with two attached hydrogens (primary N) is 1. The van der Waals surface area contributed by atoms with Gasteiger partial charge in [-0.3, -0.25) is 13.9 Å². The number of amides is 1. The van der Waals surface area contributed by atoms with E-state index in [1.807, 2.05) is 67.6 Å². The molecule has 4 aromatic rings. The number of fused-ring (bicyclic) bond motifs is 1. The number of ether oxygens (including phenoxy) is 1. The number of nitrogen functional groups attached to an aromatic ring is 1. The number of carbonyl (C=O) groups is 1. The van der Waals surface area contributed by atoms with E-state index in [0.29, 0.717) is 47.6 Å². The van der Waals surface area contributed by atoms with Crippen LogP contribution in [-0.4, -0.2) is 38.0 Å². The topological polar surface area (TPSA) is 95.4 Å². The lowest BCUT2D eigenvalue weighted by Gasteiger charge is -2.33. The Morgan fingerprint density at radius 3 is 2.56 bits per heavy atom. The maximum atomic E-state index is 13.9. The van der Waals surface area contributed by atoms with Gasteiger partial charge in [-0.15, -0.1) is 0 Å². The summed E-state index contributed by atoms with van der Waals surface area (Å²) in [5.74, 6) is 1.62. The molecule has 1 saturated heterocycles. The highest BCUT2D eigenvalue weighted by Crippen LogP contribution is 2.30. The first-order valence-corrected chi connectivity index (χ1v) is 12.2. The average Bonchev–Trinajstić information content (AvgIpc) is 3.22. The largest absolute Gasteiger partial charge is 0.457 e. The van der Waals surface area contributed by atoms with Gasteiger partial charge in [0.15, 0.2) is 0 Å². The Morgan fingerprint density at radius 2 is 1.83 bits per heavy atom. The molecule has 1 aliphatic rings. The monoisotopic (exact) mass is 483 g/mol. The maximum absolute atomic E-state index is 13.9. The summed E-state index contributed by atoms with van der Waals surface area (Å²) in [6.07, 6.45) is 3.80. The third-order valence-corrected chi connectivity index (χ3v) is 6.66. The van der Waals surface area contributed by atoms with Gasteiger partial charge in [-0.1, -0.05) is 31.7 Å². The lowest BCUT2D eigenvalue weighted by Crippen LogP contribution is -2.43. The van der Waals surface area contributed by atoms with Crippen molar-refractivity contribution < 1.29 is 9.53 Å². The van der Waals surface area contributed by atoms with Crippen molar-refractivity contribution in [1.82, 2.24) is 19.0 Å². The fraction of sp³-hybridized carbons (Fsp3) is 0.250. The Morgan fingerprint density at radius 1 is 1.11 bits per heavy atom. The Kier molecular flexibility index (Phi) is 6.33. The van der Waals surface area contributed by atoms with Gasteiger partial charge in [-0.05, 0) is 61.7 Å². The quantitative estimate of drug-likeness (QED) is 0.402. The van der Waals surface area contributed by atoms with Crippen LogP contribution in [0.4, 0.5) is 5.82 Å². The highest BCUT2D eigenvalue weighted by molar-refractivity contribution is 5.93. The van der Waals surface area contributed by atoms with Crippen LogP contribution in [0.15, 0.2) is 83.8 Å². The summed E-state index contributed by atoms with van der Waals surface area (Å²) in [5, 5.41) is 0. The number of para-hydroxylation sites is 1. The van der Waals surface area contributed by atoms with Crippen molar-refractivity contribution in [2.24, 2.45) is 0 Å². The van der Waals surface area contributed by atoms with Crippen molar-refractivity contribution in [3.63, 3.8) is 0 Å². The van der Waals surface area contributed by atoms with Crippen molar-refractivity contribution in [3.05, 3.63) is 89.5 Å². The second-order valence-corrected chi connectivity index (χ2v) is 8.97. The standard InChI is InChI=1S/C28H29N5O3/c1-3-19(2)27(34)31-17-7-8-21(18-31)32-24-15-16-30-26(29)25(24)33(28(32)35)20-11-13-23(14-12-20)36-22-9-5-4-6-10-22/h4-6,9-16,21H,2-3,7-8,17-18H2,1H3,(H2,29,30)/t21-/m1/s1. The Balaban J connectivity index is 1.53. The van der Waals surface area contributed by atoms with E-state index in [-0.39, 0.29) is 23.5 Å². The van der Waals surface area contributed by atoms with Crippen molar-refractivity contribution in [1.29, 1.82) is 0 Å². The first-order valence-electron chi connectivity index (χ1n) is 12.2. The number of pyridine rings is 1. The molecule has 8 heteroatoms. The van der Waals surface area contributed by atoms with Crippen LogP contribution in [0.2, 0.25) is 0 Å². The molecular formula is C28H29N5O3. The lowest BCUT2D eigenvalue weighted by atomic mass is 10.0. The van der Waals surface area contributed by atoms with Gasteiger partial charge in [0, 0.05) is 24.9 Å². The number of rotatable bonds is 6. The second kappa shape index (κ2) is 9.73. The minimum atomic E-state index is -0.213.